The summed E-state index contributed by atoms with van der Waals surface area (Å²) < 4.78 is 1.30. The van der Waals surface area contributed by atoms with Gasteiger partial charge in [0.25, 0.3) is 5.56 Å². The van der Waals surface area contributed by atoms with E-state index in [-0.39, 0.29) is 18.0 Å². The van der Waals surface area contributed by atoms with Crippen LogP contribution < -0.4 is 16.6 Å². The van der Waals surface area contributed by atoms with E-state index in [9.17, 15) is 9.59 Å². The van der Waals surface area contributed by atoms with Gasteiger partial charge in [-0.1, -0.05) is 31.2 Å². The molecule has 5 heteroatoms. The molecular weight excluding hydrogens is 266 g/mol. The third-order valence-corrected chi connectivity index (χ3v) is 3.24. The zero-order chi connectivity index (χ0) is 15.2. The van der Waals surface area contributed by atoms with Crippen LogP contribution in [-0.4, -0.2) is 10.5 Å². The lowest BCUT2D eigenvalue weighted by molar-refractivity contribution is -0.121. The summed E-state index contributed by atoms with van der Waals surface area (Å²) in [6.07, 6.45) is 2.46. The first-order valence-corrected chi connectivity index (χ1v) is 6.89. The normalized spacial score (nSPS) is 10.3. The number of nitrogens with zero attached hydrogens (tertiary/aromatic N) is 1. The van der Waals surface area contributed by atoms with Crippen molar-refractivity contribution in [2.45, 2.75) is 26.4 Å². The number of benzene rings is 1. The summed E-state index contributed by atoms with van der Waals surface area (Å²) in [5, 5.41) is 2.79. The van der Waals surface area contributed by atoms with Gasteiger partial charge in [0, 0.05) is 24.5 Å². The Kier molecular flexibility index (Phi) is 4.77. The summed E-state index contributed by atoms with van der Waals surface area (Å²) in [6.45, 7) is 2.51. The maximum absolute atomic E-state index is 11.9. The zero-order valence-corrected chi connectivity index (χ0v) is 12.0. The monoisotopic (exact) mass is 285 g/mol. The Balaban J connectivity index is 1.92. The standard InChI is InChI=1S/C16H19N3O2/c1-2-12-3-5-13(6-4-12)9-18-15(20)11-19-10-14(17)7-8-16(19)21/h3-8,10H,2,9,11,17H2,1H3,(H,18,20). The molecule has 1 amide bonds. The van der Waals surface area contributed by atoms with E-state index in [1.165, 1.54) is 28.5 Å². The number of nitrogens with one attached hydrogen (secondary N) is 1. The number of hydrogen-bond donors (Lipinski definition) is 2. The Morgan fingerprint density at radius 1 is 1.14 bits per heavy atom. The van der Waals surface area contributed by atoms with Crippen molar-refractivity contribution in [3.63, 3.8) is 0 Å². The predicted molar refractivity (Wildman–Crippen MR) is 82.8 cm³/mol. The highest BCUT2D eigenvalue weighted by molar-refractivity contribution is 5.75. The predicted octanol–water partition coefficient (Wildman–Crippen LogP) is 1.31. The van der Waals surface area contributed by atoms with E-state index >= 15 is 0 Å². The van der Waals surface area contributed by atoms with Crippen LogP contribution in [0.25, 0.3) is 0 Å². The van der Waals surface area contributed by atoms with Crippen molar-refractivity contribution in [1.29, 1.82) is 0 Å². The first-order valence-electron chi connectivity index (χ1n) is 6.89. The molecule has 0 bridgehead atoms. The molecule has 0 fully saturated rings. The zero-order valence-electron chi connectivity index (χ0n) is 12.0. The summed E-state index contributed by atoms with van der Waals surface area (Å²) in [4.78, 5) is 23.4. The molecule has 0 aliphatic rings. The number of pyridine rings is 1. The Morgan fingerprint density at radius 2 is 1.81 bits per heavy atom. The minimum absolute atomic E-state index is 0.0308. The molecule has 0 unspecified atom stereocenters. The molecule has 1 heterocycles. The van der Waals surface area contributed by atoms with E-state index in [1.807, 2.05) is 24.3 Å². The third kappa shape index (κ3) is 4.21. The highest BCUT2D eigenvalue weighted by atomic mass is 16.2. The fraction of sp³-hybridized carbons (Fsp3) is 0.250. The maximum Gasteiger partial charge on any atom is 0.251 e. The lowest BCUT2D eigenvalue weighted by atomic mass is 10.1. The quantitative estimate of drug-likeness (QED) is 0.869. The van der Waals surface area contributed by atoms with Crippen molar-refractivity contribution in [3.8, 4) is 0 Å². The molecule has 1 aromatic carbocycles. The van der Waals surface area contributed by atoms with Crippen LogP contribution in [0.1, 0.15) is 18.1 Å². The highest BCUT2D eigenvalue weighted by Crippen LogP contribution is 2.04. The number of hydrogen-bond acceptors (Lipinski definition) is 3. The molecule has 110 valence electrons. The summed E-state index contributed by atoms with van der Waals surface area (Å²) in [7, 11) is 0. The van der Waals surface area contributed by atoms with Gasteiger partial charge < -0.3 is 15.6 Å². The number of carbonyl (C=O) groups is 1. The van der Waals surface area contributed by atoms with Gasteiger partial charge in [-0.15, -0.1) is 0 Å². The fourth-order valence-corrected chi connectivity index (χ4v) is 1.98. The van der Waals surface area contributed by atoms with Gasteiger partial charge in [0.05, 0.1) is 0 Å². The molecule has 0 spiro atoms. The molecule has 0 aliphatic carbocycles. The third-order valence-electron chi connectivity index (χ3n) is 3.24. The van der Waals surface area contributed by atoms with Gasteiger partial charge >= 0.3 is 0 Å². The molecule has 3 N–H and O–H groups in total. The van der Waals surface area contributed by atoms with Gasteiger partial charge in [-0.05, 0) is 23.6 Å². The van der Waals surface area contributed by atoms with E-state index < -0.39 is 0 Å². The van der Waals surface area contributed by atoms with E-state index in [0.29, 0.717) is 12.2 Å². The topological polar surface area (TPSA) is 77.1 Å². The summed E-state index contributed by atoms with van der Waals surface area (Å²) >= 11 is 0. The smallest absolute Gasteiger partial charge is 0.251 e. The second kappa shape index (κ2) is 6.74. The maximum atomic E-state index is 11.9. The number of amides is 1. The van der Waals surface area contributed by atoms with Crippen LogP contribution >= 0.6 is 0 Å². The molecule has 5 nitrogen and oxygen atoms in total. The van der Waals surface area contributed by atoms with Crippen LogP contribution in [0.4, 0.5) is 5.69 Å². The molecule has 2 rings (SSSR count). The molecule has 0 radical (unpaired) electrons. The van der Waals surface area contributed by atoms with Crippen molar-refractivity contribution in [2.24, 2.45) is 0 Å². The molecule has 21 heavy (non-hydrogen) atoms. The molecule has 0 atom stereocenters. The lowest BCUT2D eigenvalue weighted by Crippen LogP contribution is -2.31. The summed E-state index contributed by atoms with van der Waals surface area (Å²) in [5.41, 5.74) is 8.11. The van der Waals surface area contributed by atoms with Crippen LogP contribution in [0.5, 0.6) is 0 Å². The molecule has 0 saturated heterocycles. The second-order valence-corrected chi connectivity index (χ2v) is 4.88. The molecule has 2 aromatic rings. The van der Waals surface area contributed by atoms with Gasteiger partial charge in [0.15, 0.2) is 0 Å². The van der Waals surface area contributed by atoms with Crippen LogP contribution in [0.3, 0.4) is 0 Å². The number of aryl methyl sites for hydroxylation is 1. The average molecular weight is 285 g/mol. The molecule has 0 saturated carbocycles. The van der Waals surface area contributed by atoms with Crippen molar-refractivity contribution in [3.05, 3.63) is 64.1 Å². The average Bonchev–Trinajstić information content (AvgIpc) is 2.49. The van der Waals surface area contributed by atoms with Gasteiger partial charge in [-0.2, -0.15) is 0 Å². The van der Waals surface area contributed by atoms with Gasteiger partial charge in [0.1, 0.15) is 6.54 Å². The number of nitrogen functional groups attached to an aromatic ring is 1. The number of rotatable bonds is 5. The van der Waals surface area contributed by atoms with Gasteiger partial charge in [-0.3, -0.25) is 9.59 Å². The van der Waals surface area contributed by atoms with Crippen LogP contribution in [0.2, 0.25) is 0 Å². The minimum Gasteiger partial charge on any atom is -0.398 e. The lowest BCUT2D eigenvalue weighted by Gasteiger charge is -2.08. The number of anilines is 1. The summed E-state index contributed by atoms with van der Waals surface area (Å²) in [5.74, 6) is -0.220. The Bertz CT molecular complexity index is 675. The van der Waals surface area contributed by atoms with Crippen molar-refractivity contribution in [1.82, 2.24) is 9.88 Å². The number of nitrogens with two attached hydrogens (primary N) is 1. The molecule has 1 aromatic heterocycles. The second-order valence-electron chi connectivity index (χ2n) is 4.88. The van der Waals surface area contributed by atoms with Crippen molar-refractivity contribution in [2.75, 3.05) is 5.73 Å². The first-order chi connectivity index (χ1) is 10.1. The Morgan fingerprint density at radius 3 is 2.48 bits per heavy atom. The SMILES string of the molecule is CCc1ccc(CNC(=O)Cn2cc(N)ccc2=O)cc1. The Hall–Kier alpha value is -2.56. The molecular formula is C16H19N3O2. The van der Waals surface area contributed by atoms with E-state index in [4.69, 9.17) is 5.73 Å². The number of carbonyl (C=O) groups excluding carboxylic acids is 1. The fourth-order valence-electron chi connectivity index (χ4n) is 1.98. The van der Waals surface area contributed by atoms with Crippen LogP contribution in [0.15, 0.2) is 47.4 Å². The van der Waals surface area contributed by atoms with Gasteiger partial charge in [-0.25, -0.2) is 0 Å². The minimum atomic E-state index is -0.244. The van der Waals surface area contributed by atoms with Crippen molar-refractivity contribution < 1.29 is 4.79 Å². The van der Waals surface area contributed by atoms with E-state index in [1.54, 1.807) is 0 Å². The van der Waals surface area contributed by atoms with Crippen LogP contribution in [-0.2, 0) is 24.3 Å². The van der Waals surface area contributed by atoms with Crippen LogP contribution in [0, 0.1) is 0 Å². The number of aromatic nitrogens is 1. The first kappa shape index (κ1) is 14.8. The van der Waals surface area contributed by atoms with E-state index in [2.05, 4.69) is 12.2 Å². The molecule has 0 aliphatic heterocycles. The highest BCUT2D eigenvalue weighted by Gasteiger charge is 2.04. The summed E-state index contributed by atoms with van der Waals surface area (Å²) in [6, 6.07) is 10.9. The van der Waals surface area contributed by atoms with E-state index in [0.717, 1.165) is 12.0 Å². The van der Waals surface area contributed by atoms with Crippen molar-refractivity contribution >= 4 is 11.6 Å². The largest absolute Gasteiger partial charge is 0.398 e. The Labute approximate surface area is 123 Å². The van der Waals surface area contributed by atoms with Gasteiger partial charge in [0.2, 0.25) is 5.91 Å².